The molecular weight excluding hydrogens is 475 g/mol. The maximum absolute atomic E-state index is 12.6. The molecule has 1 aromatic carbocycles. The second-order valence-electron chi connectivity index (χ2n) is 7.42. The smallest absolute Gasteiger partial charge is 0.242 e. The van der Waals surface area contributed by atoms with E-state index in [-0.39, 0.29) is 24.0 Å². The summed E-state index contributed by atoms with van der Waals surface area (Å²) in [6.45, 7) is 9.68. The Hall–Kier alpha value is -0.870. The summed E-state index contributed by atoms with van der Waals surface area (Å²) in [6.07, 6.45) is 1.24. The third-order valence-corrected chi connectivity index (χ3v) is 6.55. The van der Waals surface area contributed by atoms with Gasteiger partial charge in [-0.3, -0.25) is 0 Å². The molecule has 27 heavy (non-hydrogen) atoms. The van der Waals surface area contributed by atoms with Crippen molar-refractivity contribution in [2.45, 2.75) is 38.6 Å². The molecule has 1 aromatic rings. The maximum Gasteiger partial charge on any atom is 0.242 e. The molecule has 1 saturated heterocycles. The van der Waals surface area contributed by atoms with Gasteiger partial charge in [-0.25, -0.2) is 17.7 Å². The first-order valence-corrected chi connectivity index (χ1v) is 10.7. The zero-order valence-electron chi connectivity index (χ0n) is 17.0. The van der Waals surface area contributed by atoms with Gasteiger partial charge in [-0.05, 0) is 36.8 Å². The molecule has 0 aliphatic carbocycles. The Bertz CT molecular complexity index is 727. The van der Waals surface area contributed by atoms with Gasteiger partial charge in [0, 0.05) is 33.7 Å². The summed E-state index contributed by atoms with van der Waals surface area (Å²) >= 11 is 0. The van der Waals surface area contributed by atoms with Crippen molar-refractivity contribution in [1.29, 1.82) is 0 Å². The zero-order chi connectivity index (χ0) is 19.3. The number of nitrogens with one attached hydrogen (secondary N) is 1. The largest absolute Gasteiger partial charge is 0.357 e. The number of aliphatic imine (C=N–C) groups is 1. The Morgan fingerprint density at radius 3 is 2.37 bits per heavy atom. The van der Waals surface area contributed by atoms with Crippen molar-refractivity contribution in [3.8, 4) is 0 Å². The minimum absolute atomic E-state index is 0. The molecular formula is C19H33IN4O2S. The highest BCUT2D eigenvalue weighted by Crippen LogP contribution is 2.22. The molecule has 1 aliphatic heterocycles. The lowest BCUT2D eigenvalue weighted by Gasteiger charge is -2.37. The average Bonchev–Trinajstić information content (AvgIpc) is 2.57. The molecule has 0 saturated carbocycles. The van der Waals surface area contributed by atoms with Gasteiger partial charge in [0.1, 0.15) is 0 Å². The van der Waals surface area contributed by atoms with E-state index in [1.807, 2.05) is 12.1 Å². The van der Waals surface area contributed by atoms with E-state index in [0.717, 1.165) is 31.2 Å². The molecule has 0 aromatic heterocycles. The van der Waals surface area contributed by atoms with Gasteiger partial charge in [-0.15, -0.1) is 24.0 Å². The van der Waals surface area contributed by atoms with Crippen molar-refractivity contribution in [2.75, 3.05) is 33.7 Å². The summed E-state index contributed by atoms with van der Waals surface area (Å²) in [5, 5.41) is 3.36. The molecule has 1 heterocycles. The second kappa shape index (κ2) is 10.6. The number of piperidine rings is 1. The Labute approximate surface area is 181 Å². The fraction of sp³-hybridized carbons (Fsp3) is 0.632. The topological polar surface area (TPSA) is 65.0 Å². The Kier molecular flexibility index (Phi) is 9.50. The number of hydrogen-bond acceptors (Lipinski definition) is 3. The van der Waals surface area contributed by atoms with E-state index in [0.29, 0.717) is 23.3 Å². The minimum atomic E-state index is -3.48. The first-order valence-electron chi connectivity index (χ1n) is 9.29. The fourth-order valence-corrected chi connectivity index (χ4v) is 4.61. The van der Waals surface area contributed by atoms with Crippen LogP contribution in [0.1, 0.15) is 32.8 Å². The lowest BCUT2D eigenvalue weighted by atomic mass is 9.92. The average molecular weight is 508 g/mol. The van der Waals surface area contributed by atoms with Crippen LogP contribution in [0.2, 0.25) is 0 Å². The van der Waals surface area contributed by atoms with Crippen LogP contribution in [0.25, 0.3) is 0 Å². The van der Waals surface area contributed by atoms with Crippen LogP contribution in [0, 0.1) is 11.8 Å². The number of nitrogens with zero attached hydrogens (tertiary/aromatic N) is 3. The summed E-state index contributed by atoms with van der Waals surface area (Å²) in [5.41, 5.74) is 0.717. The number of rotatable bonds is 5. The Morgan fingerprint density at radius 2 is 1.81 bits per heavy atom. The van der Waals surface area contributed by atoms with E-state index >= 15 is 0 Å². The predicted molar refractivity (Wildman–Crippen MR) is 122 cm³/mol. The van der Waals surface area contributed by atoms with Gasteiger partial charge in [-0.1, -0.05) is 32.0 Å². The highest BCUT2D eigenvalue weighted by Gasteiger charge is 2.24. The van der Waals surface area contributed by atoms with Crippen LogP contribution in [-0.4, -0.2) is 57.3 Å². The minimum Gasteiger partial charge on any atom is -0.357 e. The van der Waals surface area contributed by atoms with Crippen molar-refractivity contribution >= 4 is 40.0 Å². The number of halogens is 1. The third kappa shape index (κ3) is 6.32. The van der Waals surface area contributed by atoms with Gasteiger partial charge in [0.2, 0.25) is 10.0 Å². The lowest BCUT2D eigenvalue weighted by molar-refractivity contribution is 0.208. The summed E-state index contributed by atoms with van der Waals surface area (Å²) in [5.74, 6) is 2.12. The first kappa shape index (κ1) is 24.2. The summed E-state index contributed by atoms with van der Waals surface area (Å²) in [7, 11) is -0.377. The van der Waals surface area contributed by atoms with E-state index in [1.165, 1.54) is 10.7 Å². The fourth-order valence-electron chi connectivity index (χ4n) is 3.50. The monoisotopic (exact) mass is 508 g/mol. The molecule has 2 atom stereocenters. The number of hydrogen-bond donors (Lipinski definition) is 1. The maximum atomic E-state index is 12.6. The van der Waals surface area contributed by atoms with Crippen LogP contribution < -0.4 is 5.32 Å². The van der Waals surface area contributed by atoms with Gasteiger partial charge >= 0.3 is 0 Å². The number of sulfonamides is 1. The number of likely N-dealkylation sites (tertiary alicyclic amines) is 1. The van der Waals surface area contributed by atoms with Gasteiger partial charge < -0.3 is 10.2 Å². The first-order chi connectivity index (χ1) is 12.3. The molecule has 2 unspecified atom stereocenters. The molecule has 2 rings (SSSR count). The molecule has 1 fully saturated rings. The molecule has 0 bridgehead atoms. The van der Waals surface area contributed by atoms with Crippen LogP contribution in [0.5, 0.6) is 0 Å². The van der Waals surface area contributed by atoms with Crippen molar-refractivity contribution in [1.82, 2.24) is 14.5 Å². The van der Waals surface area contributed by atoms with Gasteiger partial charge in [0.15, 0.2) is 5.96 Å². The molecule has 1 aliphatic rings. The van der Waals surface area contributed by atoms with Crippen molar-refractivity contribution in [2.24, 2.45) is 16.8 Å². The highest BCUT2D eigenvalue weighted by molar-refractivity contribution is 14.0. The van der Waals surface area contributed by atoms with E-state index in [2.05, 4.69) is 31.0 Å². The van der Waals surface area contributed by atoms with Crippen LogP contribution in [-0.2, 0) is 16.6 Å². The van der Waals surface area contributed by atoms with Crippen LogP contribution in [0.3, 0.4) is 0 Å². The summed E-state index contributed by atoms with van der Waals surface area (Å²) < 4.78 is 26.4. The zero-order valence-corrected chi connectivity index (χ0v) is 20.1. The van der Waals surface area contributed by atoms with E-state index in [9.17, 15) is 8.42 Å². The Balaban J connectivity index is 0.00000364. The molecule has 0 amide bonds. The highest BCUT2D eigenvalue weighted by atomic mass is 127. The lowest BCUT2D eigenvalue weighted by Crippen LogP contribution is -2.48. The number of benzene rings is 1. The van der Waals surface area contributed by atoms with Crippen LogP contribution in [0.15, 0.2) is 34.2 Å². The molecule has 6 nitrogen and oxygen atoms in total. The van der Waals surface area contributed by atoms with E-state index in [1.54, 1.807) is 26.2 Å². The Morgan fingerprint density at radius 1 is 1.22 bits per heavy atom. The van der Waals surface area contributed by atoms with E-state index in [4.69, 9.17) is 4.99 Å². The standard InChI is InChI=1S/C19H32N4O2S.HI/c1-6-20-19(23-13-15(2)11-16(3)14-23)21-12-17-9-7-8-10-18(17)26(24,25)22(4)5;/h7-10,15-16H,6,11-14H2,1-5H3,(H,20,21);1H. The molecule has 1 N–H and O–H groups in total. The van der Waals surface area contributed by atoms with Crippen molar-refractivity contribution in [3.63, 3.8) is 0 Å². The molecule has 154 valence electrons. The third-order valence-electron chi connectivity index (χ3n) is 4.63. The quantitative estimate of drug-likeness (QED) is 0.378. The van der Waals surface area contributed by atoms with Gasteiger partial charge in [0.25, 0.3) is 0 Å². The van der Waals surface area contributed by atoms with Crippen molar-refractivity contribution < 1.29 is 8.42 Å². The SMILES string of the molecule is CCNC(=NCc1ccccc1S(=O)(=O)N(C)C)N1CC(C)CC(C)C1.I. The summed E-state index contributed by atoms with van der Waals surface area (Å²) in [4.78, 5) is 7.38. The molecule has 0 radical (unpaired) electrons. The van der Waals surface area contributed by atoms with E-state index < -0.39 is 10.0 Å². The normalized spacial score (nSPS) is 21.1. The summed E-state index contributed by atoms with van der Waals surface area (Å²) in [6, 6.07) is 7.10. The number of guanidine groups is 1. The van der Waals surface area contributed by atoms with Gasteiger partial charge in [-0.2, -0.15) is 0 Å². The predicted octanol–water partition coefficient (Wildman–Crippen LogP) is 3.00. The van der Waals surface area contributed by atoms with Crippen LogP contribution in [0.4, 0.5) is 0 Å². The van der Waals surface area contributed by atoms with Gasteiger partial charge in [0.05, 0.1) is 11.4 Å². The van der Waals surface area contributed by atoms with Crippen molar-refractivity contribution in [3.05, 3.63) is 29.8 Å². The molecule has 0 spiro atoms. The van der Waals surface area contributed by atoms with Crippen LogP contribution >= 0.6 is 24.0 Å². The molecule has 8 heteroatoms. The second-order valence-corrected chi connectivity index (χ2v) is 9.54.